The van der Waals surface area contributed by atoms with E-state index < -0.39 is 4.92 Å². The molecule has 0 bridgehead atoms. The van der Waals surface area contributed by atoms with Crippen molar-refractivity contribution in [2.75, 3.05) is 14.1 Å². The van der Waals surface area contributed by atoms with Crippen LogP contribution in [0, 0.1) is 10.1 Å². The van der Waals surface area contributed by atoms with Gasteiger partial charge in [0, 0.05) is 26.2 Å². The van der Waals surface area contributed by atoms with Gasteiger partial charge in [-0.25, -0.2) is 5.01 Å². The van der Waals surface area contributed by atoms with Crippen LogP contribution in [0.25, 0.3) is 6.08 Å². The van der Waals surface area contributed by atoms with E-state index in [-0.39, 0.29) is 11.6 Å². The van der Waals surface area contributed by atoms with Crippen LogP contribution in [0.15, 0.2) is 30.3 Å². The Morgan fingerprint density at radius 3 is 2.65 bits per heavy atom. The summed E-state index contributed by atoms with van der Waals surface area (Å²) in [6, 6.07) is 6.23. The highest BCUT2D eigenvalue weighted by Gasteiger charge is 2.09. The molecule has 0 radical (unpaired) electrons. The van der Waals surface area contributed by atoms with E-state index >= 15 is 0 Å². The van der Waals surface area contributed by atoms with Gasteiger partial charge in [0.15, 0.2) is 0 Å². The van der Waals surface area contributed by atoms with Crippen LogP contribution in [0.3, 0.4) is 0 Å². The van der Waals surface area contributed by atoms with E-state index in [2.05, 4.69) is 5.43 Å². The Morgan fingerprint density at radius 2 is 2.06 bits per heavy atom. The summed E-state index contributed by atoms with van der Waals surface area (Å²) in [6.45, 7) is 0. The van der Waals surface area contributed by atoms with Crippen LogP contribution in [-0.2, 0) is 4.79 Å². The van der Waals surface area contributed by atoms with Crippen molar-refractivity contribution < 1.29 is 9.72 Å². The van der Waals surface area contributed by atoms with Gasteiger partial charge in [-0.3, -0.25) is 20.3 Å². The summed E-state index contributed by atoms with van der Waals surface area (Å²) < 4.78 is 0. The van der Waals surface area contributed by atoms with Crippen LogP contribution < -0.4 is 5.43 Å². The van der Waals surface area contributed by atoms with E-state index in [0.29, 0.717) is 5.56 Å². The van der Waals surface area contributed by atoms with Crippen LogP contribution >= 0.6 is 0 Å². The van der Waals surface area contributed by atoms with E-state index in [9.17, 15) is 14.9 Å². The smallest absolute Gasteiger partial charge is 0.276 e. The lowest BCUT2D eigenvalue weighted by atomic mass is 10.1. The third kappa shape index (κ3) is 4.04. The number of nitro groups is 1. The number of benzene rings is 1. The molecule has 90 valence electrons. The van der Waals surface area contributed by atoms with Crippen molar-refractivity contribution in [2.45, 2.75) is 0 Å². The van der Waals surface area contributed by atoms with Crippen LogP contribution in [0.2, 0.25) is 0 Å². The molecular weight excluding hydrogens is 222 g/mol. The van der Waals surface area contributed by atoms with Crippen LogP contribution in [0.4, 0.5) is 5.69 Å². The Bertz CT molecular complexity index is 455. The Kier molecular flexibility index (Phi) is 4.36. The summed E-state index contributed by atoms with van der Waals surface area (Å²) in [5.74, 6) is -0.340. The first-order valence-corrected chi connectivity index (χ1v) is 4.90. The second-order valence-corrected chi connectivity index (χ2v) is 3.52. The lowest BCUT2D eigenvalue weighted by Crippen LogP contribution is -2.34. The van der Waals surface area contributed by atoms with Crippen molar-refractivity contribution in [2.24, 2.45) is 0 Å². The number of nitro benzene ring substituents is 1. The number of nitrogens with zero attached hydrogens (tertiary/aromatic N) is 2. The molecule has 0 atom stereocenters. The van der Waals surface area contributed by atoms with Gasteiger partial charge in [0.05, 0.1) is 10.5 Å². The molecule has 0 heterocycles. The third-order valence-electron chi connectivity index (χ3n) is 1.88. The van der Waals surface area contributed by atoms with Gasteiger partial charge in [0.2, 0.25) is 0 Å². The first-order valence-electron chi connectivity index (χ1n) is 4.90. The molecule has 6 heteroatoms. The maximum atomic E-state index is 11.3. The molecular formula is C11H13N3O3. The number of carbonyl (C=O) groups is 1. The fourth-order valence-corrected chi connectivity index (χ4v) is 1.22. The Hall–Kier alpha value is -2.21. The van der Waals surface area contributed by atoms with Crippen molar-refractivity contribution in [1.29, 1.82) is 0 Å². The molecule has 0 aliphatic rings. The van der Waals surface area contributed by atoms with Crippen LogP contribution in [0.1, 0.15) is 5.56 Å². The Morgan fingerprint density at radius 1 is 1.41 bits per heavy atom. The standard InChI is InChI=1S/C11H13N3O3/c1-13(2)12-11(15)8-7-9-5-3-4-6-10(9)14(16)17/h3-8H,1-2H3,(H,12,15)/b8-7+. The number of carbonyl (C=O) groups excluding carboxylic acids is 1. The largest absolute Gasteiger partial charge is 0.286 e. The molecule has 17 heavy (non-hydrogen) atoms. The third-order valence-corrected chi connectivity index (χ3v) is 1.88. The van der Waals surface area contributed by atoms with Gasteiger partial charge in [-0.05, 0) is 12.1 Å². The van der Waals surface area contributed by atoms with Crippen molar-refractivity contribution >= 4 is 17.7 Å². The molecule has 0 fully saturated rings. The number of hydrogen-bond donors (Lipinski definition) is 1. The summed E-state index contributed by atoms with van der Waals surface area (Å²) in [6.07, 6.45) is 2.67. The quantitative estimate of drug-likeness (QED) is 0.483. The summed E-state index contributed by atoms with van der Waals surface area (Å²) >= 11 is 0. The predicted molar refractivity (Wildman–Crippen MR) is 64.0 cm³/mol. The molecule has 1 aromatic rings. The average molecular weight is 235 g/mol. The second-order valence-electron chi connectivity index (χ2n) is 3.52. The van der Waals surface area contributed by atoms with Gasteiger partial charge < -0.3 is 0 Å². The number of para-hydroxylation sites is 1. The van der Waals surface area contributed by atoms with E-state index in [0.717, 1.165) is 0 Å². The SMILES string of the molecule is CN(C)NC(=O)/C=C/c1ccccc1[N+](=O)[O-]. The molecule has 1 amide bonds. The minimum Gasteiger partial charge on any atom is -0.286 e. The van der Waals surface area contributed by atoms with Gasteiger partial charge in [-0.1, -0.05) is 12.1 Å². The van der Waals surface area contributed by atoms with Crippen molar-refractivity contribution in [3.8, 4) is 0 Å². The zero-order valence-corrected chi connectivity index (χ0v) is 9.58. The second kappa shape index (κ2) is 5.76. The number of amides is 1. The zero-order valence-electron chi connectivity index (χ0n) is 9.58. The van der Waals surface area contributed by atoms with Gasteiger partial charge >= 0.3 is 0 Å². The molecule has 0 saturated carbocycles. The number of hydrazine groups is 1. The molecule has 0 unspecified atom stereocenters. The number of nitrogens with one attached hydrogen (secondary N) is 1. The van der Waals surface area contributed by atoms with Crippen molar-refractivity contribution in [3.05, 3.63) is 46.0 Å². The minimum absolute atomic E-state index is 0.0265. The molecule has 0 aromatic heterocycles. The molecule has 0 aliphatic heterocycles. The van der Waals surface area contributed by atoms with Crippen molar-refractivity contribution in [1.82, 2.24) is 10.4 Å². The summed E-state index contributed by atoms with van der Waals surface area (Å²) in [5, 5.41) is 12.2. The fourth-order valence-electron chi connectivity index (χ4n) is 1.22. The summed E-state index contributed by atoms with van der Waals surface area (Å²) in [5.41, 5.74) is 2.87. The predicted octanol–water partition coefficient (Wildman–Crippen LogP) is 1.20. The minimum atomic E-state index is -0.483. The van der Waals surface area contributed by atoms with E-state index in [1.54, 1.807) is 32.3 Å². The van der Waals surface area contributed by atoms with E-state index in [1.165, 1.54) is 23.2 Å². The molecule has 6 nitrogen and oxygen atoms in total. The van der Waals surface area contributed by atoms with E-state index in [4.69, 9.17) is 0 Å². The lowest BCUT2D eigenvalue weighted by molar-refractivity contribution is -0.385. The number of rotatable bonds is 4. The Balaban J connectivity index is 2.84. The van der Waals surface area contributed by atoms with Crippen LogP contribution in [0.5, 0.6) is 0 Å². The maximum Gasteiger partial charge on any atom is 0.276 e. The average Bonchev–Trinajstić information content (AvgIpc) is 2.25. The highest BCUT2D eigenvalue weighted by atomic mass is 16.6. The summed E-state index contributed by atoms with van der Waals surface area (Å²) in [4.78, 5) is 21.5. The van der Waals surface area contributed by atoms with Gasteiger partial charge in [0.1, 0.15) is 0 Å². The van der Waals surface area contributed by atoms with Crippen LogP contribution in [-0.4, -0.2) is 29.9 Å². The highest BCUT2D eigenvalue weighted by molar-refractivity contribution is 5.91. The van der Waals surface area contributed by atoms with Gasteiger partial charge in [0.25, 0.3) is 11.6 Å². The van der Waals surface area contributed by atoms with E-state index in [1.807, 2.05) is 0 Å². The molecule has 1 aromatic carbocycles. The summed E-state index contributed by atoms with van der Waals surface area (Å²) in [7, 11) is 3.35. The highest BCUT2D eigenvalue weighted by Crippen LogP contribution is 2.18. The monoisotopic (exact) mass is 235 g/mol. The van der Waals surface area contributed by atoms with Gasteiger partial charge in [-0.15, -0.1) is 0 Å². The zero-order chi connectivity index (χ0) is 12.8. The van der Waals surface area contributed by atoms with Gasteiger partial charge in [-0.2, -0.15) is 0 Å². The first kappa shape index (κ1) is 12.9. The molecule has 0 saturated heterocycles. The molecule has 1 N–H and O–H groups in total. The fraction of sp³-hybridized carbons (Fsp3) is 0.182. The number of hydrogen-bond acceptors (Lipinski definition) is 4. The maximum absolute atomic E-state index is 11.3. The molecule has 0 spiro atoms. The van der Waals surface area contributed by atoms with Crippen molar-refractivity contribution in [3.63, 3.8) is 0 Å². The lowest BCUT2D eigenvalue weighted by Gasteiger charge is -2.08. The topological polar surface area (TPSA) is 75.5 Å². The molecule has 0 aliphatic carbocycles. The Labute approximate surface area is 98.7 Å². The first-order chi connectivity index (χ1) is 8.00. The molecule has 1 rings (SSSR count). The normalized spacial score (nSPS) is 10.8.